The van der Waals surface area contributed by atoms with Crippen LogP contribution in [0, 0.1) is 11.8 Å². The molecular formula is C20H37N3. The Morgan fingerprint density at radius 1 is 0.826 bits per heavy atom. The maximum Gasteiger partial charge on any atom is 0.225 e. The van der Waals surface area contributed by atoms with Gasteiger partial charge in [-0.1, -0.05) is 66.2 Å². The van der Waals surface area contributed by atoms with E-state index < -0.39 is 0 Å². The second-order valence-electron chi connectivity index (χ2n) is 6.79. The summed E-state index contributed by atoms with van der Waals surface area (Å²) in [5.74, 6) is 2.42. The van der Waals surface area contributed by atoms with E-state index in [9.17, 15) is 0 Å². The van der Waals surface area contributed by atoms with Crippen molar-refractivity contribution >= 4 is 5.95 Å². The monoisotopic (exact) mass is 319 g/mol. The SMILES string of the molecule is CCCCC(CC)CN(CC(CC)CCCC)c1ncccn1. The molecule has 0 aromatic carbocycles. The average molecular weight is 320 g/mol. The molecule has 1 rings (SSSR count). The van der Waals surface area contributed by atoms with Gasteiger partial charge in [-0.3, -0.25) is 0 Å². The molecule has 3 heteroatoms. The third-order valence-electron chi connectivity index (χ3n) is 4.88. The molecule has 0 saturated carbocycles. The number of hydrogen-bond acceptors (Lipinski definition) is 3. The highest BCUT2D eigenvalue weighted by Crippen LogP contribution is 2.21. The summed E-state index contributed by atoms with van der Waals surface area (Å²) in [5, 5.41) is 0. The Bertz CT molecular complexity index is 362. The van der Waals surface area contributed by atoms with Crippen LogP contribution in [0.3, 0.4) is 0 Å². The van der Waals surface area contributed by atoms with Gasteiger partial charge in [-0.15, -0.1) is 0 Å². The van der Waals surface area contributed by atoms with Gasteiger partial charge in [0.25, 0.3) is 0 Å². The van der Waals surface area contributed by atoms with Crippen LogP contribution in [0.2, 0.25) is 0 Å². The average Bonchev–Trinajstić information content (AvgIpc) is 2.61. The van der Waals surface area contributed by atoms with E-state index in [0.717, 1.165) is 30.9 Å². The molecule has 0 radical (unpaired) electrons. The first-order valence-electron chi connectivity index (χ1n) is 9.76. The Morgan fingerprint density at radius 3 is 1.70 bits per heavy atom. The molecule has 0 spiro atoms. The molecule has 0 bridgehead atoms. The van der Waals surface area contributed by atoms with E-state index in [1.807, 2.05) is 18.5 Å². The second-order valence-corrected chi connectivity index (χ2v) is 6.79. The highest BCUT2D eigenvalue weighted by molar-refractivity contribution is 5.28. The van der Waals surface area contributed by atoms with E-state index in [4.69, 9.17) is 0 Å². The molecule has 2 atom stereocenters. The Hall–Kier alpha value is -1.12. The third-order valence-corrected chi connectivity index (χ3v) is 4.88. The van der Waals surface area contributed by atoms with Crippen molar-refractivity contribution in [3.63, 3.8) is 0 Å². The summed E-state index contributed by atoms with van der Waals surface area (Å²) in [6.07, 6.45) is 14.1. The Balaban J connectivity index is 2.76. The predicted molar refractivity (Wildman–Crippen MR) is 101 cm³/mol. The van der Waals surface area contributed by atoms with Crippen molar-refractivity contribution in [3.05, 3.63) is 18.5 Å². The first-order chi connectivity index (χ1) is 11.2. The molecule has 132 valence electrons. The van der Waals surface area contributed by atoms with Crippen LogP contribution in [0.5, 0.6) is 0 Å². The standard InChI is InChI=1S/C20H37N3/c1-5-9-12-18(7-3)16-23(20-21-14-11-15-22-20)17-19(8-4)13-10-6-2/h11,14-15,18-19H,5-10,12-13,16-17H2,1-4H3. The number of rotatable bonds is 13. The summed E-state index contributed by atoms with van der Waals surface area (Å²) in [4.78, 5) is 11.5. The zero-order chi connectivity index (χ0) is 16.9. The van der Waals surface area contributed by atoms with E-state index in [-0.39, 0.29) is 0 Å². The van der Waals surface area contributed by atoms with Crippen LogP contribution in [-0.4, -0.2) is 23.1 Å². The lowest BCUT2D eigenvalue weighted by atomic mass is 9.96. The molecule has 0 aliphatic carbocycles. The molecule has 0 fully saturated rings. The molecule has 0 aliphatic heterocycles. The summed E-state index contributed by atoms with van der Waals surface area (Å²) in [5.41, 5.74) is 0. The van der Waals surface area contributed by atoms with Gasteiger partial charge in [0.1, 0.15) is 0 Å². The van der Waals surface area contributed by atoms with Gasteiger partial charge in [0, 0.05) is 25.5 Å². The van der Waals surface area contributed by atoms with Gasteiger partial charge in [0.2, 0.25) is 5.95 Å². The summed E-state index contributed by atoms with van der Waals surface area (Å²) < 4.78 is 0. The van der Waals surface area contributed by atoms with Crippen molar-refractivity contribution in [2.45, 2.75) is 79.1 Å². The minimum Gasteiger partial charge on any atom is -0.340 e. The normalized spacial score (nSPS) is 13.7. The topological polar surface area (TPSA) is 29.0 Å². The summed E-state index contributed by atoms with van der Waals surface area (Å²) >= 11 is 0. The minimum atomic E-state index is 0.752. The largest absolute Gasteiger partial charge is 0.340 e. The van der Waals surface area contributed by atoms with Gasteiger partial charge < -0.3 is 4.90 Å². The van der Waals surface area contributed by atoms with E-state index >= 15 is 0 Å². The van der Waals surface area contributed by atoms with E-state index in [1.54, 1.807) is 0 Å². The van der Waals surface area contributed by atoms with E-state index in [1.165, 1.54) is 51.4 Å². The van der Waals surface area contributed by atoms with Crippen LogP contribution in [0.25, 0.3) is 0 Å². The Labute approximate surface area is 143 Å². The third kappa shape index (κ3) is 7.81. The van der Waals surface area contributed by atoms with Crippen LogP contribution in [0.1, 0.15) is 79.1 Å². The quantitative estimate of drug-likeness (QED) is 0.466. The van der Waals surface area contributed by atoms with Crippen molar-refractivity contribution in [1.29, 1.82) is 0 Å². The maximum absolute atomic E-state index is 4.53. The minimum absolute atomic E-state index is 0.752. The highest BCUT2D eigenvalue weighted by Gasteiger charge is 2.18. The van der Waals surface area contributed by atoms with Gasteiger partial charge >= 0.3 is 0 Å². The molecule has 0 saturated heterocycles. The fourth-order valence-electron chi connectivity index (χ4n) is 3.15. The van der Waals surface area contributed by atoms with Crippen LogP contribution in [0.15, 0.2) is 18.5 Å². The molecular weight excluding hydrogens is 282 g/mol. The highest BCUT2D eigenvalue weighted by atomic mass is 15.2. The first-order valence-corrected chi connectivity index (χ1v) is 9.76. The van der Waals surface area contributed by atoms with E-state index in [0.29, 0.717) is 0 Å². The molecule has 3 nitrogen and oxygen atoms in total. The molecule has 1 aromatic rings. The fourth-order valence-corrected chi connectivity index (χ4v) is 3.15. The molecule has 0 aliphatic rings. The molecule has 1 heterocycles. The maximum atomic E-state index is 4.53. The van der Waals surface area contributed by atoms with Gasteiger partial charge in [-0.05, 0) is 30.7 Å². The number of nitrogens with zero attached hydrogens (tertiary/aromatic N) is 3. The van der Waals surface area contributed by atoms with Crippen molar-refractivity contribution in [2.75, 3.05) is 18.0 Å². The lowest BCUT2D eigenvalue weighted by Crippen LogP contribution is -2.35. The summed E-state index contributed by atoms with van der Waals surface area (Å²) in [6, 6.07) is 1.91. The number of anilines is 1. The van der Waals surface area contributed by atoms with Gasteiger partial charge in [0.05, 0.1) is 0 Å². The molecule has 0 N–H and O–H groups in total. The molecule has 2 unspecified atom stereocenters. The Kier molecular flexibility index (Phi) is 10.7. The lowest BCUT2D eigenvalue weighted by molar-refractivity contribution is 0.400. The number of aromatic nitrogens is 2. The van der Waals surface area contributed by atoms with Crippen LogP contribution in [0.4, 0.5) is 5.95 Å². The van der Waals surface area contributed by atoms with Gasteiger partial charge in [-0.25, -0.2) is 9.97 Å². The van der Waals surface area contributed by atoms with Crippen LogP contribution in [-0.2, 0) is 0 Å². The lowest BCUT2D eigenvalue weighted by Gasteiger charge is -2.30. The summed E-state index contributed by atoms with van der Waals surface area (Å²) in [7, 11) is 0. The second kappa shape index (κ2) is 12.3. The van der Waals surface area contributed by atoms with Crippen molar-refractivity contribution < 1.29 is 0 Å². The van der Waals surface area contributed by atoms with Crippen molar-refractivity contribution in [2.24, 2.45) is 11.8 Å². The van der Waals surface area contributed by atoms with Crippen LogP contribution >= 0.6 is 0 Å². The summed E-state index contributed by atoms with van der Waals surface area (Å²) in [6.45, 7) is 11.4. The zero-order valence-electron chi connectivity index (χ0n) is 15.8. The number of unbranched alkanes of at least 4 members (excludes halogenated alkanes) is 2. The molecule has 23 heavy (non-hydrogen) atoms. The van der Waals surface area contributed by atoms with Crippen LogP contribution < -0.4 is 4.90 Å². The molecule has 0 amide bonds. The number of hydrogen-bond donors (Lipinski definition) is 0. The Morgan fingerprint density at radius 2 is 1.30 bits per heavy atom. The smallest absolute Gasteiger partial charge is 0.225 e. The van der Waals surface area contributed by atoms with Gasteiger partial charge in [0.15, 0.2) is 0 Å². The van der Waals surface area contributed by atoms with Gasteiger partial charge in [-0.2, -0.15) is 0 Å². The van der Waals surface area contributed by atoms with E-state index in [2.05, 4.69) is 42.6 Å². The van der Waals surface area contributed by atoms with Crippen molar-refractivity contribution in [3.8, 4) is 0 Å². The molecule has 1 aromatic heterocycles. The fraction of sp³-hybridized carbons (Fsp3) is 0.800. The first kappa shape index (κ1) is 19.9. The van der Waals surface area contributed by atoms with Crippen molar-refractivity contribution in [1.82, 2.24) is 9.97 Å². The zero-order valence-corrected chi connectivity index (χ0v) is 15.8. The predicted octanol–water partition coefficient (Wildman–Crippen LogP) is 5.72.